The van der Waals surface area contributed by atoms with Gasteiger partial charge in [-0.1, -0.05) is 146 Å². The minimum Gasteiger partial charge on any atom is -0.490 e. The highest BCUT2D eigenvalue weighted by molar-refractivity contribution is 7.86. The van der Waals surface area contributed by atoms with E-state index < -0.39 is 14.3 Å². The van der Waals surface area contributed by atoms with E-state index in [2.05, 4.69) is 0 Å². The van der Waals surface area contributed by atoms with Crippen molar-refractivity contribution in [1.29, 1.82) is 0 Å². The second-order valence-electron chi connectivity index (χ2n) is 11.4. The van der Waals surface area contributed by atoms with Gasteiger partial charge in [0.25, 0.3) is 0 Å². The van der Waals surface area contributed by atoms with Gasteiger partial charge in [-0.05, 0) is 24.3 Å². The quantitative estimate of drug-likeness (QED) is 0.0804. The molecule has 0 aliphatic rings. The maximum atomic E-state index is 14.8. The van der Waals surface area contributed by atoms with Gasteiger partial charge >= 0.3 is 0 Å². The molecule has 0 saturated carbocycles. The first-order valence-electron chi connectivity index (χ1n) is 16.6. The van der Waals surface area contributed by atoms with Crippen LogP contribution in [0.25, 0.3) is 0 Å². The summed E-state index contributed by atoms with van der Waals surface area (Å²) in [6.45, 7) is 2.04. The molecule has 0 unspecified atom stereocenters. The Kier molecular flexibility index (Phi) is 12.2. The molecule has 0 N–H and O–H groups in total. The molecule has 0 heterocycles. The van der Waals surface area contributed by atoms with Crippen molar-refractivity contribution < 1.29 is 28.1 Å². The average molecular weight is 703 g/mol. The predicted octanol–water partition coefficient (Wildman–Crippen LogP) is 6.46. The molecule has 0 aromatic heterocycles. The number of hydrogen-bond acceptors (Lipinski definition) is 6. The SMILES string of the molecule is O=P(c1ccccc1)(c1ccccc1)c1ccccc1OCCOCCOCCOc1ccccc1P(=O)(c1ccccc1)c1ccccc1. The van der Waals surface area contributed by atoms with Crippen molar-refractivity contribution in [2.45, 2.75) is 0 Å². The van der Waals surface area contributed by atoms with Crippen LogP contribution in [0, 0.1) is 0 Å². The van der Waals surface area contributed by atoms with Gasteiger partial charge in [0.15, 0.2) is 14.3 Å². The topological polar surface area (TPSA) is 71.1 Å². The van der Waals surface area contributed by atoms with E-state index >= 15 is 0 Å². The van der Waals surface area contributed by atoms with E-state index in [-0.39, 0.29) is 0 Å². The third-order valence-corrected chi connectivity index (χ3v) is 14.4. The van der Waals surface area contributed by atoms with E-state index in [1.165, 1.54) is 0 Å². The first kappa shape index (κ1) is 35.1. The van der Waals surface area contributed by atoms with Crippen LogP contribution in [-0.4, -0.2) is 39.6 Å². The Hall–Kier alpha value is -4.70. The summed E-state index contributed by atoms with van der Waals surface area (Å²) >= 11 is 0. The van der Waals surface area contributed by atoms with Crippen LogP contribution < -0.4 is 41.3 Å². The summed E-state index contributed by atoms with van der Waals surface area (Å²) in [6, 6.07) is 53.3. The number of rotatable bonds is 17. The number of para-hydroxylation sites is 2. The molecule has 0 fully saturated rings. The lowest BCUT2D eigenvalue weighted by molar-refractivity contribution is 0.0275. The van der Waals surface area contributed by atoms with Gasteiger partial charge < -0.3 is 28.1 Å². The zero-order chi connectivity index (χ0) is 34.5. The zero-order valence-corrected chi connectivity index (χ0v) is 29.5. The molecule has 0 saturated heterocycles. The Morgan fingerprint density at radius 2 is 0.580 bits per heavy atom. The lowest BCUT2D eigenvalue weighted by Gasteiger charge is -2.22. The maximum absolute atomic E-state index is 14.8. The van der Waals surface area contributed by atoms with Crippen LogP contribution >= 0.6 is 14.3 Å². The molecule has 0 aliphatic heterocycles. The van der Waals surface area contributed by atoms with Gasteiger partial charge in [-0.2, -0.15) is 0 Å². The minimum atomic E-state index is -3.17. The molecule has 8 heteroatoms. The Morgan fingerprint density at radius 3 is 0.900 bits per heavy atom. The molecule has 0 amide bonds. The highest BCUT2D eigenvalue weighted by atomic mass is 31.2. The van der Waals surface area contributed by atoms with Gasteiger partial charge in [0.2, 0.25) is 0 Å². The second-order valence-corrected chi connectivity index (χ2v) is 16.9. The molecule has 0 bridgehead atoms. The summed E-state index contributed by atoms with van der Waals surface area (Å²) < 4.78 is 53.5. The van der Waals surface area contributed by atoms with E-state index in [0.717, 1.165) is 21.2 Å². The smallest absolute Gasteiger partial charge is 0.174 e. The standard InChI is InChI=1S/C42H40O6P2/c43-49(35-17-5-1-6-18-35,36-19-7-2-8-20-36)41-27-15-13-25-39(41)47-33-31-45-29-30-46-32-34-48-40-26-14-16-28-42(40)50(44,37-21-9-3-10-22-37)38-23-11-4-12-24-38/h1-28H,29-34H2. The van der Waals surface area contributed by atoms with Crippen LogP contribution in [0.15, 0.2) is 170 Å². The lowest BCUT2D eigenvalue weighted by atomic mass is 10.3. The summed E-state index contributed by atoms with van der Waals surface area (Å²) in [5, 5.41) is 4.33. The van der Waals surface area contributed by atoms with Gasteiger partial charge in [-0.3, -0.25) is 0 Å². The highest BCUT2D eigenvalue weighted by Gasteiger charge is 2.33. The number of benzene rings is 6. The molecule has 0 atom stereocenters. The van der Waals surface area contributed by atoms with Gasteiger partial charge in [0.05, 0.1) is 37.0 Å². The molecular formula is C42H40O6P2. The van der Waals surface area contributed by atoms with Crippen molar-refractivity contribution in [3.63, 3.8) is 0 Å². The van der Waals surface area contributed by atoms with Gasteiger partial charge in [-0.15, -0.1) is 0 Å². The van der Waals surface area contributed by atoms with Crippen LogP contribution in [0.2, 0.25) is 0 Å². The molecule has 6 aromatic rings. The average Bonchev–Trinajstić information content (AvgIpc) is 3.19. The van der Waals surface area contributed by atoms with Crippen LogP contribution in [0.1, 0.15) is 0 Å². The van der Waals surface area contributed by atoms with E-state index in [9.17, 15) is 9.13 Å². The van der Waals surface area contributed by atoms with Gasteiger partial charge in [0, 0.05) is 21.2 Å². The van der Waals surface area contributed by atoms with Crippen LogP contribution in [0.4, 0.5) is 0 Å². The fourth-order valence-corrected chi connectivity index (χ4v) is 11.4. The van der Waals surface area contributed by atoms with Crippen molar-refractivity contribution in [3.8, 4) is 11.5 Å². The molecule has 50 heavy (non-hydrogen) atoms. The highest BCUT2D eigenvalue weighted by Crippen LogP contribution is 2.46. The molecule has 0 aliphatic carbocycles. The molecule has 6 rings (SSSR count). The first-order valence-corrected chi connectivity index (χ1v) is 20.1. The van der Waals surface area contributed by atoms with Crippen LogP contribution in [0.3, 0.4) is 0 Å². The predicted molar refractivity (Wildman–Crippen MR) is 204 cm³/mol. The van der Waals surface area contributed by atoms with E-state index in [1.807, 2.05) is 170 Å². The second kappa shape index (κ2) is 17.3. The fourth-order valence-electron chi connectivity index (χ4n) is 5.83. The van der Waals surface area contributed by atoms with E-state index in [1.54, 1.807) is 0 Å². The molecule has 6 nitrogen and oxygen atoms in total. The van der Waals surface area contributed by atoms with Gasteiger partial charge in [0.1, 0.15) is 24.7 Å². The van der Waals surface area contributed by atoms with Gasteiger partial charge in [-0.25, -0.2) is 0 Å². The van der Waals surface area contributed by atoms with Crippen molar-refractivity contribution >= 4 is 46.1 Å². The largest absolute Gasteiger partial charge is 0.490 e. The number of hydrogen-bond donors (Lipinski definition) is 0. The third kappa shape index (κ3) is 8.02. The van der Waals surface area contributed by atoms with Crippen LogP contribution in [-0.2, 0) is 18.6 Å². The fraction of sp³-hybridized carbons (Fsp3) is 0.143. The summed E-state index contributed by atoms with van der Waals surface area (Å²) in [4.78, 5) is 0. The Bertz CT molecular complexity index is 1790. The van der Waals surface area contributed by atoms with E-state index in [4.69, 9.17) is 18.9 Å². The van der Waals surface area contributed by atoms with Crippen LogP contribution in [0.5, 0.6) is 11.5 Å². The van der Waals surface area contributed by atoms with Crippen molar-refractivity contribution in [1.82, 2.24) is 0 Å². The lowest BCUT2D eigenvalue weighted by Crippen LogP contribution is -2.27. The molecule has 6 aromatic carbocycles. The normalized spacial score (nSPS) is 11.6. The first-order chi connectivity index (χ1) is 24.6. The number of ether oxygens (including phenoxy) is 4. The Balaban J connectivity index is 0.993. The van der Waals surface area contributed by atoms with Crippen molar-refractivity contribution in [2.24, 2.45) is 0 Å². The minimum absolute atomic E-state index is 0.295. The zero-order valence-electron chi connectivity index (χ0n) is 27.8. The van der Waals surface area contributed by atoms with Crippen molar-refractivity contribution in [3.05, 3.63) is 170 Å². The summed E-state index contributed by atoms with van der Waals surface area (Å²) in [6.07, 6.45) is 0. The van der Waals surface area contributed by atoms with Crippen molar-refractivity contribution in [2.75, 3.05) is 39.6 Å². The monoisotopic (exact) mass is 702 g/mol. The Morgan fingerprint density at radius 1 is 0.320 bits per heavy atom. The summed E-state index contributed by atoms with van der Waals surface area (Å²) in [5.41, 5.74) is 0. The third-order valence-electron chi connectivity index (χ3n) is 8.23. The molecule has 0 spiro atoms. The summed E-state index contributed by atoms with van der Waals surface area (Å²) in [5.74, 6) is 1.15. The maximum Gasteiger partial charge on any atom is 0.174 e. The summed E-state index contributed by atoms with van der Waals surface area (Å²) in [7, 11) is -6.34. The van der Waals surface area contributed by atoms with E-state index in [0.29, 0.717) is 61.7 Å². The molecule has 0 radical (unpaired) electrons. The molecular weight excluding hydrogens is 662 g/mol. The molecule has 254 valence electrons. The Labute approximate surface area is 294 Å².